The van der Waals surface area contributed by atoms with E-state index in [1.807, 2.05) is 0 Å². The molecule has 0 radical (unpaired) electrons. The molecule has 0 amide bonds. The number of rotatable bonds is 4. The lowest BCUT2D eigenvalue weighted by Gasteiger charge is -2.34. The Labute approximate surface area is 103 Å². The van der Waals surface area contributed by atoms with Crippen molar-refractivity contribution in [3.63, 3.8) is 0 Å². The predicted molar refractivity (Wildman–Crippen MR) is 67.0 cm³/mol. The first-order chi connectivity index (χ1) is 8.25. The zero-order valence-electron chi connectivity index (χ0n) is 10.7. The van der Waals surface area contributed by atoms with Gasteiger partial charge >= 0.3 is 6.01 Å². The standard InChI is InChI=1S/C13H21N3O/c1-11(2)16-8-4-12(5-9-16)10-17-13-14-6-3-7-15-13/h3,6-7,11-12H,4-5,8-10H2,1-2H3. The Hall–Kier alpha value is -1.16. The molecule has 17 heavy (non-hydrogen) atoms. The van der Waals surface area contributed by atoms with Gasteiger partial charge < -0.3 is 9.64 Å². The first-order valence-electron chi connectivity index (χ1n) is 6.39. The third-order valence-electron chi connectivity index (χ3n) is 3.37. The molecule has 94 valence electrons. The van der Waals surface area contributed by atoms with E-state index < -0.39 is 0 Å². The van der Waals surface area contributed by atoms with Gasteiger partial charge in [-0.1, -0.05) is 0 Å². The number of nitrogens with zero attached hydrogens (tertiary/aromatic N) is 3. The van der Waals surface area contributed by atoms with E-state index in [1.54, 1.807) is 18.5 Å². The van der Waals surface area contributed by atoms with Crippen LogP contribution in [0, 0.1) is 5.92 Å². The SMILES string of the molecule is CC(C)N1CCC(COc2ncccn2)CC1. The molecule has 0 N–H and O–H groups in total. The second-order valence-electron chi connectivity index (χ2n) is 4.92. The van der Waals surface area contributed by atoms with Crippen LogP contribution in [0.4, 0.5) is 0 Å². The van der Waals surface area contributed by atoms with Crippen molar-refractivity contribution in [2.75, 3.05) is 19.7 Å². The maximum Gasteiger partial charge on any atom is 0.316 e. The summed E-state index contributed by atoms with van der Waals surface area (Å²) >= 11 is 0. The summed E-state index contributed by atoms with van der Waals surface area (Å²) in [6.45, 7) is 7.63. The molecule has 0 aromatic carbocycles. The van der Waals surface area contributed by atoms with Gasteiger partial charge in [0.25, 0.3) is 0 Å². The Morgan fingerprint density at radius 2 is 1.94 bits per heavy atom. The van der Waals surface area contributed by atoms with Gasteiger partial charge in [-0.15, -0.1) is 0 Å². The van der Waals surface area contributed by atoms with E-state index >= 15 is 0 Å². The van der Waals surface area contributed by atoms with Gasteiger partial charge in [0.1, 0.15) is 0 Å². The molecule has 0 unspecified atom stereocenters. The molecule has 2 rings (SSSR count). The van der Waals surface area contributed by atoms with Crippen LogP contribution < -0.4 is 4.74 Å². The summed E-state index contributed by atoms with van der Waals surface area (Å²) in [6.07, 6.45) is 5.85. The van der Waals surface area contributed by atoms with Crippen LogP contribution in [0.3, 0.4) is 0 Å². The topological polar surface area (TPSA) is 38.2 Å². The van der Waals surface area contributed by atoms with Crippen molar-refractivity contribution < 1.29 is 4.74 Å². The van der Waals surface area contributed by atoms with E-state index in [0.717, 1.165) is 6.61 Å². The molecule has 1 fully saturated rings. The highest BCUT2D eigenvalue weighted by atomic mass is 16.5. The molecule has 1 saturated heterocycles. The Balaban J connectivity index is 1.72. The second-order valence-corrected chi connectivity index (χ2v) is 4.92. The van der Waals surface area contributed by atoms with Gasteiger partial charge in [-0.2, -0.15) is 0 Å². The van der Waals surface area contributed by atoms with Crippen molar-refractivity contribution in [3.8, 4) is 6.01 Å². The lowest BCUT2D eigenvalue weighted by Crippen LogP contribution is -2.39. The minimum atomic E-state index is 0.499. The maximum atomic E-state index is 5.60. The molecule has 0 spiro atoms. The number of likely N-dealkylation sites (tertiary alicyclic amines) is 1. The van der Waals surface area contributed by atoms with E-state index in [-0.39, 0.29) is 0 Å². The van der Waals surface area contributed by atoms with Crippen LogP contribution in [0.25, 0.3) is 0 Å². The first kappa shape index (κ1) is 12.3. The molecule has 0 bridgehead atoms. The fourth-order valence-corrected chi connectivity index (χ4v) is 2.19. The molecular formula is C13H21N3O. The van der Waals surface area contributed by atoms with Crippen LogP contribution in [0.1, 0.15) is 26.7 Å². The monoisotopic (exact) mass is 235 g/mol. The van der Waals surface area contributed by atoms with Crippen molar-refractivity contribution in [1.29, 1.82) is 0 Å². The summed E-state index contributed by atoms with van der Waals surface area (Å²) in [7, 11) is 0. The predicted octanol–water partition coefficient (Wildman–Crippen LogP) is 1.98. The van der Waals surface area contributed by atoms with E-state index in [4.69, 9.17) is 4.74 Å². The van der Waals surface area contributed by atoms with E-state index in [1.165, 1.54) is 25.9 Å². The highest BCUT2D eigenvalue weighted by Crippen LogP contribution is 2.19. The average molecular weight is 235 g/mol. The van der Waals surface area contributed by atoms with Gasteiger partial charge in [0.2, 0.25) is 0 Å². The Bertz CT molecular complexity index is 321. The largest absolute Gasteiger partial charge is 0.463 e. The molecular weight excluding hydrogens is 214 g/mol. The van der Waals surface area contributed by atoms with Gasteiger partial charge in [0.15, 0.2) is 0 Å². The zero-order chi connectivity index (χ0) is 12.1. The molecule has 1 aromatic heterocycles. The molecule has 0 saturated carbocycles. The summed E-state index contributed by atoms with van der Waals surface area (Å²) in [6, 6.07) is 2.96. The van der Waals surface area contributed by atoms with E-state index in [0.29, 0.717) is 18.0 Å². The summed E-state index contributed by atoms with van der Waals surface area (Å²) in [5, 5.41) is 0. The Morgan fingerprint density at radius 1 is 1.29 bits per heavy atom. The van der Waals surface area contributed by atoms with Gasteiger partial charge in [0.05, 0.1) is 6.61 Å². The smallest absolute Gasteiger partial charge is 0.316 e. The highest BCUT2D eigenvalue weighted by Gasteiger charge is 2.21. The van der Waals surface area contributed by atoms with Crippen LogP contribution in [0.5, 0.6) is 6.01 Å². The van der Waals surface area contributed by atoms with Crippen LogP contribution in [-0.4, -0.2) is 40.6 Å². The summed E-state index contributed by atoms with van der Waals surface area (Å²) < 4.78 is 5.60. The number of piperidine rings is 1. The third-order valence-corrected chi connectivity index (χ3v) is 3.37. The van der Waals surface area contributed by atoms with Crippen molar-refractivity contribution in [3.05, 3.63) is 18.5 Å². The maximum absolute atomic E-state index is 5.60. The number of ether oxygens (including phenoxy) is 1. The highest BCUT2D eigenvalue weighted by molar-refractivity contribution is 4.93. The van der Waals surface area contributed by atoms with Crippen molar-refractivity contribution in [2.24, 2.45) is 5.92 Å². The minimum Gasteiger partial charge on any atom is -0.463 e. The molecule has 1 aromatic rings. The van der Waals surface area contributed by atoms with E-state index in [9.17, 15) is 0 Å². The molecule has 2 heterocycles. The fourth-order valence-electron chi connectivity index (χ4n) is 2.19. The quantitative estimate of drug-likeness (QED) is 0.800. The Kier molecular flexibility index (Phi) is 4.31. The van der Waals surface area contributed by atoms with Crippen LogP contribution in [0.15, 0.2) is 18.5 Å². The van der Waals surface area contributed by atoms with Crippen molar-refractivity contribution in [2.45, 2.75) is 32.7 Å². The summed E-state index contributed by atoms with van der Waals surface area (Å²) in [5.41, 5.74) is 0. The second kappa shape index (κ2) is 5.96. The molecule has 1 aliphatic rings. The van der Waals surface area contributed by atoms with Gasteiger partial charge in [-0.25, -0.2) is 9.97 Å². The normalized spacial score (nSPS) is 18.5. The van der Waals surface area contributed by atoms with Crippen molar-refractivity contribution >= 4 is 0 Å². The Morgan fingerprint density at radius 3 is 2.53 bits per heavy atom. The fraction of sp³-hybridized carbons (Fsp3) is 0.692. The van der Waals surface area contributed by atoms with E-state index in [2.05, 4.69) is 28.7 Å². The number of hydrogen-bond acceptors (Lipinski definition) is 4. The lowest BCUT2D eigenvalue weighted by atomic mass is 9.97. The van der Waals surface area contributed by atoms with Crippen molar-refractivity contribution in [1.82, 2.24) is 14.9 Å². The molecule has 4 heteroatoms. The summed E-state index contributed by atoms with van der Waals surface area (Å²) in [4.78, 5) is 10.6. The average Bonchev–Trinajstić information content (AvgIpc) is 2.38. The number of hydrogen-bond donors (Lipinski definition) is 0. The molecule has 0 atom stereocenters. The molecule has 0 aliphatic carbocycles. The third kappa shape index (κ3) is 3.66. The zero-order valence-corrected chi connectivity index (χ0v) is 10.7. The van der Waals surface area contributed by atoms with Crippen LogP contribution >= 0.6 is 0 Å². The summed E-state index contributed by atoms with van der Waals surface area (Å²) in [5.74, 6) is 0.647. The van der Waals surface area contributed by atoms with Gasteiger partial charge in [-0.3, -0.25) is 0 Å². The molecule has 4 nitrogen and oxygen atoms in total. The van der Waals surface area contributed by atoms with Crippen LogP contribution in [-0.2, 0) is 0 Å². The van der Waals surface area contributed by atoms with Crippen LogP contribution in [0.2, 0.25) is 0 Å². The number of aromatic nitrogens is 2. The van der Waals surface area contributed by atoms with Gasteiger partial charge in [-0.05, 0) is 51.8 Å². The lowest BCUT2D eigenvalue weighted by molar-refractivity contribution is 0.115. The molecule has 1 aliphatic heterocycles. The van der Waals surface area contributed by atoms with Gasteiger partial charge in [0, 0.05) is 18.4 Å². The first-order valence-corrected chi connectivity index (χ1v) is 6.39. The minimum absolute atomic E-state index is 0.499.